The first-order chi connectivity index (χ1) is 8.47. The van der Waals surface area contributed by atoms with Gasteiger partial charge in [0.05, 0.1) is 6.54 Å². The largest absolute Gasteiger partial charge is 0.399 e. The summed E-state index contributed by atoms with van der Waals surface area (Å²) in [5, 5.41) is 3.96. The minimum atomic E-state index is 0.528. The molecule has 1 aromatic carbocycles. The second kappa shape index (κ2) is 4.78. The van der Waals surface area contributed by atoms with Gasteiger partial charge in [0.1, 0.15) is 0 Å². The molecule has 0 aliphatic heterocycles. The summed E-state index contributed by atoms with van der Waals surface area (Å²) in [5.41, 5.74) is 9.71. The number of anilines is 1. The van der Waals surface area contributed by atoms with Crippen molar-refractivity contribution in [2.45, 2.75) is 20.4 Å². The van der Waals surface area contributed by atoms with E-state index in [2.05, 4.69) is 10.1 Å². The van der Waals surface area contributed by atoms with Crippen LogP contribution < -0.4 is 5.73 Å². The molecule has 2 rings (SSSR count). The summed E-state index contributed by atoms with van der Waals surface area (Å²) in [4.78, 5) is 6.38. The number of hydrogen-bond donors (Lipinski definition) is 1. The summed E-state index contributed by atoms with van der Waals surface area (Å²) in [5.74, 6) is 1.20. The molecule has 0 spiro atoms. The standard InChI is InChI=1S/C13H18N4O/c1-8-5-10(14)6-11(9(8)2)13-15-12(16-18-13)7-17(3)4/h5-6H,7,14H2,1-4H3. The molecule has 5 heteroatoms. The van der Waals surface area contributed by atoms with Crippen molar-refractivity contribution in [3.63, 3.8) is 0 Å². The van der Waals surface area contributed by atoms with Crippen LogP contribution in [0.2, 0.25) is 0 Å². The Labute approximate surface area is 107 Å². The SMILES string of the molecule is Cc1cc(N)cc(-c2nc(CN(C)C)no2)c1C. The highest BCUT2D eigenvalue weighted by Crippen LogP contribution is 2.27. The Kier molecular flexibility index (Phi) is 3.34. The van der Waals surface area contributed by atoms with Crippen molar-refractivity contribution < 1.29 is 4.52 Å². The maximum atomic E-state index is 5.86. The summed E-state index contributed by atoms with van der Waals surface area (Å²) in [6.07, 6.45) is 0. The highest BCUT2D eigenvalue weighted by atomic mass is 16.5. The fraction of sp³-hybridized carbons (Fsp3) is 0.385. The number of aryl methyl sites for hydroxylation is 1. The molecule has 1 heterocycles. The van der Waals surface area contributed by atoms with E-state index in [1.165, 1.54) is 0 Å². The molecule has 0 bridgehead atoms. The molecular weight excluding hydrogens is 228 g/mol. The number of hydrogen-bond acceptors (Lipinski definition) is 5. The third-order valence-electron chi connectivity index (χ3n) is 2.85. The summed E-state index contributed by atoms with van der Waals surface area (Å²) in [7, 11) is 3.93. The van der Waals surface area contributed by atoms with E-state index in [0.717, 1.165) is 16.7 Å². The van der Waals surface area contributed by atoms with Gasteiger partial charge in [-0.15, -0.1) is 0 Å². The zero-order valence-corrected chi connectivity index (χ0v) is 11.2. The monoisotopic (exact) mass is 246 g/mol. The van der Waals surface area contributed by atoms with Crippen LogP contribution in [0.4, 0.5) is 5.69 Å². The summed E-state index contributed by atoms with van der Waals surface area (Å²) < 4.78 is 5.30. The lowest BCUT2D eigenvalue weighted by atomic mass is 10.0. The van der Waals surface area contributed by atoms with Gasteiger partial charge >= 0.3 is 0 Å². The van der Waals surface area contributed by atoms with Crippen molar-refractivity contribution in [1.29, 1.82) is 0 Å². The Morgan fingerprint density at radius 1 is 1.28 bits per heavy atom. The molecule has 0 amide bonds. The van der Waals surface area contributed by atoms with Crippen LogP contribution in [0.5, 0.6) is 0 Å². The van der Waals surface area contributed by atoms with Crippen LogP contribution in [0, 0.1) is 13.8 Å². The first-order valence-electron chi connectivity index (χ1n) is 5.82. The number of nitrogens with two attached hydrogens (primary N) is 1. The second-order valence-corrected chi connectivity index (χ2v) is 4.76. The highest BCUT2D eigenvalue weighted by Gasteiger charge is 2.13. The maximum absolute atomic E-state index is 5.86. The molecule has 0 saturated carbocycles. The Hall–Kier alpha value is -1.88. The molecule has 5 nitrogen and oxygen atoms in total. The van der Waals surface area contributed by atoms with Crippen LogP contribution in [-0.4, -0.2) is 29.1 Å². The number of nitrogens with zero attached hydrogens (tertiary/aromatic N) is 3. The van der Waals surface area contributed by atoms with E-state index in [-0.39, 0.29) is 0 Å². The van der Waals surface area contributed by atoms with Crippen molar-refractivity contribution in [3.8, 4) is 11.5 Å². The first kappa shape index (κ1) is 12.6. The van der Waals surface area contributed by atoms with Gasteiger partial charge in [-0.2, -0.15) is 4.98 Å². The van der Waals surface area contributed by atoms with Gasteiger partial charge in [-0.05, 0) is 51.2 Å². The van der Waals surface area contributed by atoms with Gasteiger partial charge in [-0.3, -0.25) is 0 Å². The topological polar surface area (TPSA) is 68.2 Å². The molecule has 0 aliphatic carbocycles. The zero-order chi connectivity index (χ0) is 13.3. The van der Waals surface area contributed by atoms with Crippen LogP contribution in [0.25, 0.3) is 11.5 Å². The molecule has 0 aliphatic rings. The van der Waals surface area contributed by atoms with Gasteiger partial charge in [0, 0.05) is 11.3 Å². The minimum absolute atomic E-state index is 0.528. The number of benzene rings is 1. The summed E-state index contributed by atoms with van der Waals surface area (Å²) in [6.45, 7) is 4.70. The first-order valence-corrected chi connectivity index (χ1v) is 5.82. The van der Waals surface area contributed by atoms with Crippen molar-refractivity contribution >= 4 is 5.69 Å². The molecule has 96 valence electrons. The molecule has 0 radical (unpaired) electrons. The van der Waals surface area contributed by atoms with E-state index in [1.807, 2.05) is 45.0 Å². The van der Waals surface area contributed by atoms with Crippen molar-refractivity contribution in [3.05, 3.63) is 29.1 Å². The fourth-order valence-electron chi connectivity index (χ4n) is 1.82. The highest BCUT2D eigenvalue weighted by molar-refractivity contribution is 5.66. The Morgan fingerprint density at radius 3 is 2.67 bits per heavy atom. The minimum Gasteiger partial charge on any atom is -0.399 e. The molecule has 0 fully saturated rings. The molecule has 18 heavy (non-hydrogen) atoms. The van der Waals surface area contributed by atoms with Gasteiger partial charge in [-0.1, -0.05) is 5.16 Å². The van der Waals surface area contributed by atoms with Crippen LogP contribution in [0.15, 0.2) is 16.7 Å². The maximum Gasteiger partial charge on any atom is 0.258 e. The number of nitrogen functional groups attached to an aromatic ring is 1. The van der Waals surface area contributed by atoms with Crippen LogP contribution >= 0.6 is 0 Å². The van der Waals surface area contributed by atoms with Crippen molar-refractivity contribution in [2.24, 2.45) is 0 Å². The van der Waals surface area contributed by atoms with E-state index in [4.69, 9.17) is 10.3 Å². The van der Waals surface area contributed by atoms with E-state index >= 15 is 0 Å². The van der Waals surface area contributed by atoms with Gasteiger partial charge in [0.25, 0.3) is 5.89 Å². The van der Waals surface area contributed by atoms with Gasteiger partial charge in [0.2, 0.25) is 0 Å². The lowest BCUT2D eigenvalue weighted by Crippen LogP contribution is -2.11. The Morgan fingerprint density at radius 2 is 2.00 bits per heavy atom. The normalized spacial score (nSPS) is 11.2. The third-order valence-corrected chi connectivity index (χ3v) is 2.85. The van der Waals surface area contributed by atoms with Gasteiger partial charge < -0.3 is 15.2 Å². The smallest absolute Gasteiger partial charge is 0.258 e. The average Bonchev–Trinajstić information content (AvgIpc) is 2.70. The fourth-order valence-corrected chi connectivity index (χ4v) is 1.82. The van der Waals surface area contributed by atoms with E-state index in [1.54, 1.807) is 0 Å². The molecule has 0 saturated heterocycles. The molecule has 0 atom stereocenters. The summed E-state index contributed by atoms with van der Waals surface area (Å²) in [6, 6.07) is 3.81. The van der Waals surface area contributed by atoms with Crippen LogP contribution in [0.3, 0.4) is 0 Å². The van der Waals surface area contributed by atoms with E-state index in [0.29, 0.717) is 23.9 Å². The zero-order valence-electron chi connectivity index (χ0n) is 11.2. The van der Waals surface area contributed by atoms with Crippen molar-refractivity contribution in [2.75, 3.05) is 19.8 Å². The molecule has 2 aromatic rings. The summed E-state index contributed by atoms with van der Waals surface area (Å²) >= 11 is 0. The van der Waals surface area contributed by atoms with E-state index < -0.39 is 0 Å². The number of aromatic nitrogens is 2. The average molecular weight is 246 g/mol. The molecule has 1 aromatic heterocycles. The van der Waals surface area contributed by atoms with Crippen LogP contribution in [-0.2, 0) is 6.54 Å². The van der Waals surface area contributed by atoms with E-state index in [9.17, 15) is 0 Å². The Balaban J connectivity index is 2.40. The molecule has 2 N–H and O–H groups in total. The van der Waals surface area contributed by atoms with Gasteiger partial charge in [0.15, 0.2) is 5.82 Å². The quantitative estimate of drug-likeness (QED) is 0.839. The predicted octanol–water partition coefficient (Wildman–Crippen LogP) is 2.00. The Bertz CT molecular complexity index is 560. The third kappa shape index (κ3) is 2.51. The molecular formula is C13H18N4O. The lowest BCUT2D eigenvalue weighted by Gasteiger charge is -2.06. The predicted molar refractivity (Wildman–Crippen MR) is 71.0 cm³/mol. The van der Waals surface area contributed by atoms with Gasteiger partial charge in [-0.25, -0.2) is 0 Å². The lowest BCUT2D eigenvalue weighted by molar-refractivity contribution is 0.365. The second-order valence-electron chi connectivity index (χ2n) is 4.76. The van der Waals surface area contributed by atoms with Crippen LogP contribution in [0.1, 0.15) is 17.0 Å². The number of rotatable bonds is 3. The van der Waals surface area contributed by atoms with Crippen molar-refractivity contribution in [1.82, 2.24) is 15.0 Å². The molecule has 0 unspecified atom stereocenters.